The molecule has 0 fully saturated rings. The number of rotatable bonds is 4. The van der Waals surface area contributed by atoms with Crippen LogP contribution < -0.4 is 4.90 Å². The molecule has 0 bridgehead atoms. The molecule has 2 aromatic heterocycles. The van der Waals surface area contributed by atoms with Gasteiger partial charge in [-0.1, -0.05) is 189 Å². The fourth-order valence-electron chi connectivity index (χ4n) is 15.3. The zero-order valence-electron chi connectivity index (χ0n) is 44.6. The Kier molecular flexibility index (Phi) is 8.38. The first-order chi connectivity index (χ1) is 36.7. The maximum Gasteiger partial charge on any atom is 0.144 e. The van der Waals surface area contributed by atoms with Crippen molar-refractivity contribution in [1.29, 1.82) is 0 Å². The molecule has 16 rings (SSSR count). The van der Waals surface area contributed by atoms with E-state index >= 15 is 0 Å². The molecule has 0 amide bonds. The molecule has 0 aliphatic heterocycles. The molecule has 0 unspecified atom stereocenters. The number of nitrogens with zero attached hydrogens (tertiary/aromatic N) is 1. The van der Waals surface area contributed by atoms with E-state index in [9.17, 15) is 0 Å². The molecule has 0 atom stereocenters. The molecule has 366 valence electrons. The van der Waals surface area contributed by atoms with Crippen molar-refractivity contribution in [2.24, 2.45) is 0 Å². The van der Waals surface area contributed by atoms with Gasteiger partial charge < -0.3 is 13.7 Å². The van der Waals surface area contributed by atoms with Crippen molar-refractivity contribution in [1.82, 2.24) is 0 Å². The number of anilines is 3. The van der Waals surface area contributed by atoms with Crippen molar-refractivity contribution >= 4 is 60.9 Å². The third-order valence-electron chi connectivity index (χ3n) is 18.9. The molecule has 0 saturated heterocycles. The standard InChI is InChI=1S/C73H57NO2/c1-40-21-10-11-22-43(40)50-39-56-61(63-48-25-14-18-31-58(48)75-68(50)63)46-35-33-41(37-54(46)71(56,4)5)74(57-30-20-29-53-60(57)44-23-12-16-27-51(44)70(53,2)3)42-34-36-47-55(38-42)73(8,9)67-65(47)69-64(49-26-15-19-32-59(49)76-69)62-45-24-13-17-28-52(45)72(6,7)66(62)67/h10-39H,1-9H3. The van der Waals surface area contributed by atoms with Gasteiger partial charge in [0.25, 0.3) is 0 Å². The molecule has 2 heterocycles. The van der Waals surface area contributed by atoms with Crippen LogP contribution in [0.25, 0.3) is 99.5 Å². The number of aryl methyl sites for hydroxylation is 1. The number of hydrogen-bond acceptors (Lipinski definition) is 3. The van der Waals surface area contributed by atoms with Gasteiger partial charge in [0, 0.05) is 71.3 Å². The summed E-state index contributed by atoms with van der Waals surface area (Å²) in [6, 6.07) is 68.2. The predicted octanol–water partition coefficient (Wildman–Crippen LogP) is 20.2. The third-order valence-corrected chi connectivity index (χ3v) is 18.9. The second kappa shape index (κ2) is 14.5. The fourth-order valence-corrected chi connectivity index (χ4v) is 15.3. The molecule has 4 aliphatic carbocycles. The van der Waals surface area contributed by atoms with Crippen LogP contribution in [0.3, 0.4) is 0 Å². The van der Waals surface area contributed by atoms with Crippen molar-refractivity contribution < 1.29 is 8.83 Å². The highest BCUT2D eigenvalue weighted by Crippen LogP contribution is 2.65. The molecule has 12 aromatic rings. The van der Waals surface area contributed by atoms with Gasteiger partial charge in [0.05, 0.1) is 5.69 Å². The Morgan fingerprint density at radius 2 is 0.803 bits per heavy atom. The SMILES string of the molecule is Cc1ccccc1-c1cc2c(c3c1oc1ccccc13)-c1ccc(N(c3ccc4c(c3)C(C)(C)c3c5c(c6c(oc7ccccc76)c3-4)-c3ccccc3C5(C)C)c3cccc4c3-c3ccccc3C4(C)C)cc1C2(C)C. The minimum Gasteiger partial charge on any atom is -0.455 e. The van der Waals surface area contributed by atoms with E-state index in [1.54, 1.807) is 0 Å². The summed E-state index contributed by atoms with van der Waals surface area (Å²) in [6.07, 6.45) is 0. The van der Waals surface area contributed by atoms with Crippen LogP contribution in [-0.4, -0.2) is 0 Å². The monoisotopic (exact) mass is 979 g/mol. The van der Waals surface area contributed by atoms with Crippen molar-refractivity contribution in [2.75, 3.05) is 4.90 Å². The Morgan fingerprint density at radius 1 is 0.329 bits per heavy atom. The first-order valence-corrected chi connectivity index (χ1v) is 27.2. The van der Waals surface area contributed by atoms with Crippen LogP contribution in [0.1, 0.15) is 105 Å². The van der Waals surface area contributed by atoms with Gasteiger partial charge in [-0.25, -0.2) is 0 Å². The average Bonchev–Trinajstić information content (AvgIpc) is 4.41. The normalized spacial score (nSPS) is 16.1. The van der Waals surface area contributed by atoms with Gasteiger partial charge in [0.1, 0.15) is 22.3 Å². The van der Waals surface area contributed by atoms with Gasteiger partial charge >= 0.3 is 0 Å². The molecule has 3 nitrogen and oxygen atoms in total. The summed E-state index contributed by atoms with van der Waals surface area (Å²) in [6.45, 7) is 21.6. The summed E-state index contributed by atoms with van der Waals surface area (Å²) in [5.41, 5.74) is 30.8. The predicted molar refractivity (Wildman–Crippen MR) is 316 cm³/mol. The lowest BCUT2D eigenvalue weighted by atomic mass is 9.72. The molecule has 10 aromatic carbocycles. The van der Waals surface area contributed by atoms with Gasteiger partial charge in [-0.3, -0.25) is 0 Å². The van der Waals surface area contributed by atoms with E-state index in [0.717, 1.165) is 44.7 Å². The molecule has 0 saturated carbocycles. The van der Waals surface area contributed by atoms with Gasteiger partial charge in [0.15, 0.2) is 0 Å². The van der Waals surface area contributed by atoms with Gasteiger partial charge in [-0.05, 0) is 144 Å². The quantitative estimate of drug-likeness (QED) is 0.176. The average molecular weight is 980 g/mol. The van der Waals surface area contributed by atoms with Gasteiger partial charge in [-0.15, -0.1) is 0 Å². The Bertz CT molecular complexity index is 4600. The molecule has 0 spiro atoms. The molecule has 76 heavy (non-hydrogen) atoms. The van der Waals surface area contributed by atoms with Crippen LogP contribution >= 0.6 is 0 Å². The lowest BCUT2D eigenvalue weighted by Gasteiger charge is -2.32. The van der Waals surface area contributed by atoms with E-state index in [4.69, 9.17) is 8.83 Å². The van der Waals surface area contributed by atoms with Crippen molar-refractivity contribution in [2.45, 2.75) is 84.0 Å². The smallest absolute Gasteiger partial charge is 0.144 e. The largest absolute Gasteiger partial charge is 0.455 e. The summed E-state index contributed by atoms with van der Waals surface area (Å²) in [7, 11) is 0. The first-order valence-electron chi connectivity index (χ1n) is 27.2. The van der Waals surface area contributed by atoms with Crippen LogP contribution in [0.4, 0.5) is 17.1 Å². The van der Waals surface area contributed by atoms with E-state index in [0.29, 0.717) is 0 Å². The topological polar surface area (TPSA) is 29.5 Å². The highest BCUT2D eigenvalue weighted by molar-refractivity contribution is 6.22. The molecule has 4 aliphatic rings. The number of furan rings is 2. The third kappa shape index (κ3) is 5.33. The zero-order valence-corrected chi connectivity index (χ0v) is 44.6. The summed E-state index contributed by atoms with van der Waals surface area (Å²) in [5.74, 6) is 0. The lowest BCUT2D eigenvalue weighted by Crippen LogP contribution is -2.24. The van der Waals surface area contributed by atoms with Crippen LogP contribution in [-0.2, 0) is 21.7 Å². The number of hydrogen-bond donors (Lipinski definition) is 0. The van der Waals surface area contributed by atoms with Crippen molar-refractivity contribution in [3.8, 4) is 55.6 Å². The number of benzene rings is 10. The molecule has 0 radical (unpaired) electrons. The highest BCUT2D eigenvalue weighted by atomic mass is 16.3. The van der Waals surface area contributed by atoms with Crippen LogP contribution in [0, 0.1) is 6.92 Å². The van der Waals surface area contributed by atoms with E-state index < -0.39 is 0 Å². The van der Waals surface area contributed by atoms with Crippen LogP contribution in [0.15, 0.2) is 191 Å². The van der Waals surface area contributed by atoms with Crippen molar-refractivity contribution in [3.63, 3.8) is 0 Å². The summed E-state index contributed by atoms with van der Waals surface area (Å²) < 4.78 is 14.1. The molecular weight excluding hydrogens is 923 g/mol. The Labute approximate surface area is 444 Å². The number of para-hydroxylation sites is 2. The Balaban J connectivity index is 0.954. The molecular formula is C73H57NO2. The molecule has 0 N–H and O–H groups in total. The Hall–Kier alpha value is -8.40. The number of fused-ring (bicyclic) bond motifs is 22. The summed E-state index contributed by atoms with van der Waals surface area (Å²) >= 11 is 0. The second-order valence-electron chi connectivity index (χ2n) is 24.4. The zero-order chi connectivity index (χ0) is 51.5. The van der Waals surface area contributed by atoms with Crippen LogP contribution in [0.2, 0.25) is 0 Å². The van der Waals surface area contributed by atoms with Crippen LogP contribution in [0.5, 0.6) is 0 Å². The van der Waals surface area contributed by atoms with Crippen molar-refractivity contribution in [3.05, 3.63) is 232 Å². The van der Waals surface area contributed by atoms with E-state index in [-0.39, 0.29) is 21.7 Å². The summed E-state index contributed by atoms with van der Waals surface area (Å²) in [4.78, 5) is 2.58. The summed E-state index contributed by atoms with van der Waals surface area (Å²) in [5, 5.41) is 4.75. The molecule has 3 heteroatoms. The Morgan fingerprint density at radius 3 is 1.47 bits per heavy atom. The van der Waals surface area contributed by atoms with Gasteiger partial charge in [0.2, 0.25) is 0 Å². The van der Waals surface area contributed by atoms with E-state index in [2.05, 4.69) is 249 Å². The second-order valence-corrected chi connectivity index (χ2v) is 24.4. The lowest BCUT2D eigenvalue weighted by molar-refractivity contribution is 0.600. The minimum atomic E-state index is -0.370. The van der Waals surface area contributed by atoms with Gasteiger partial charge in [-0.2, -0.15) is 0 Å². The highest BCUT2D eigenvalue weighted by Gasteiger charge is 2.49. The minimum absolute atomic E-state index is 0.174. The van der Waals surface area contributed by atoms with E-state index in [1.807, 2.05) is 0 Å². The fraction of sp³-hybridized carbons (Fsp3) is 0.178. The van der Waals surface area contributed by atoms with E-state index in [1.165, 1.54) is 122 Å². The maximum absolute atomic E-state index is 7.13. The first kappa shape index (κ1) is 43.9. The maximum atomic E-state index is 7.13.